The number of nitrogens with one attached hydrogen (secondary N) is 1. The van der Waals surface area contributed by atoms with Crippen molar-refractivity contribution in [3.8, 4) is 0 Å². The first-order valence-corrected chi connectivity index (χ1v) is 9.70. The molecule has 1 saturated heterocycles. The number of amides is 1. The minimum Gasteiger partial charge on any atom is -0.396 e. The predicted octanol–water partition coefficient (Wildman–Crippen LogP) is 1.65. The maximum atomic E-state index is 13.0. The quantitative estimate of drug-likeness (QED) is 0.776. The summed E-state index contributed by atoms with van der Waals surface area (Å²) in [5, 5.41) is 10.9. The number of fused-ring (bicyclic) bond motifs is 1. The largest absolute Gasteiger partial charge is 0.396 e. The lowest BCUT2D eigenvalue weighted by molar-refractivity contribution is 0.0774. The number of aryl methyl sites for hydroxylation is 1. The zero-order valence-corrected chi connectivity index (χ0v) is 16.9. The standard InChI is InChI=1S/C21H32N4O2/c1-15-5-6-19-16(9-15)10-20(22-19)21(27)25-12-17(18(13-25)14-26)11-24(4)8-7-23(2)3/h5-6,9-10,17-18,22,26H,7-8,11-14H2,1-4H3/t17-,18-/m1/s1. The second-order valence-corrected chi connectivity index (χ2v) is 8.25. The van der Waals surface area contributed by atoms with Crippen LogP contribution in [0.15, 0.2) is 24.3 Å². The van der Waals surface area contributed by atoms with Gasteiger partial charge >= 0.3 is 0 Å². The van der Waals surface area contributed by atoms with Crippen LogP contribution in [-0.2, 0) is 0 Å². The first kappa shape index (κ1) is 19.9. The molecule has 1 aliphatic heterocycles. The van der Waals surface area contributed by atoms with Crippen LogP contribution in [0.4, 0.5) is 0 Å². The predicted molar refractivity (Wildman–Crippen MR) is 109 cm³/mol. The van der Waals surface area contributed by atoms with Gasteiger partial charge in [0.2, 0.25) is 0 Å². The van der Waals surface area contributed by atoms with Crippen molar-refractivity contribution in [1.82, 2.24) is 19.7 Å². The zero-order chi connectivity index (χ0) is 19.6. The highest BCUT2D eigenvalue weighted by Gasteiger charge is 2.36. The number of likely N-dealkylation sites (N-methyl/N-ethyl adjacent to an activating group) is 2. The number of carbonyl (C=O) groups excluding carboxylic acids is 1. The van der Waals surface area contributed by atoms with E-state index in [9.17, 15) is 9.90 Å². The molecule has 1 aromatic heterocycles. The molecule has 3 rings (SSSR count). The van der Waals surface area contributed by atoms with Gasteiger partial charge in [0.05, 0.1) is 0 Å². The summed E-state index contributed by atoms with van der Waals surface area (Å²) < 4.78 is 0. The van der Waals surface area contributed by atoms with Crippen molar-refractivity contribution in [3.63, 3.8) is 0 Å². The van der Waals surface area contributed by atoms with E-state index in [1.165, 1.54) is 5.56 Å². The highest BCUT2D eigenvalue weighted by atomic mass is 16.3. The summed E-state index contributed by atoms with van der Waals surface area (Å²) >= 11 is 0. The van der Waals surface area contributed by atoms with Gasteiger partial charge in [0.1, 0.15) is 5.69 Å². The molecule has 0 radical (unpaired) electrons. The summed E-state index contributed by atoms with van der Waals surface area (Å²) in [5.74, 6) is 0.473. The number of aromatic amines is 1. The fourth-order valence-electron chi connectivity index (χ4n) is 3.92. The first-order chi connectivity index (χ1) is 12.9. The molecular weight excluding hydrogens is 340 g/mol. The van der Waals surface area contributed by atoms with E-state index in [4.69, 9.17) is 0 Å². The number of likely N-dealkylation sites (tertiary alicyclic amines) is 1. The average Bonchev–Trinajstić information content (AvgIpc) is 3.22. The summed E-state index contributed by atoms with van der Waals surface area (Å²) in [7, 11) is 6.26. The lowest BCUT2D eigenvalue weighted by Gasteiger charge is -2.25. The van der Waals surface area contributed by atoms with Gasteiger partial charge < -0.3 is 24.8 Å². The minimum absolute atomic E-state index is 0.0285. The Morgan fingerprint density at radius 2 is 1.93 bits per heavy atom. The molecule has 1 fully saturated rings. The molecule has 27 heavy (non-hydrogen) atoms. The van der Waals surface area contributed by atoms with Gasteiger partial charge in [-0.25, -0.2) is 0 Å². The normalized spacial score (nSPS) is 20.3. The van der Waals surface area contributed by atoms with E-state index >= 15 is 0 Å². The summed E-state index contributed by atoms with van der Waals surface area (Å²) in [5.41, 5.74) is 2.80. The topological polar surface area (TPSA) is 62.8 Å². The van der Waals surface area contributed by atoms with Crippen LogP contribution >= 0.6 is 0 Å². The third-order valence-electron chi connectivity index (χ3n) is 5.58. The van der Waals surface area contributed by atoms with Crippen LogP contribution < -0.4 is 0 Å². The fourth-order valence-corrected chi connectivity index (χ4v) is 3.92. The van der Waals surface area contributed by atoms with Crippen LogP contribution in [0.3, 0.4) is 0 Å². The molecule has 2 atom stereocenters. The summed E-state index contributed by atoms with van der Waals surface area (Å²) in [6.45, 7) is 6.38. The molecule has 1 aromatic carbocycles. The smallest absolute Gasteiger partial charge is 0.270 e. The van der Waals surface area contributed by atoms with Crippen molar-refractivity contribution in [2.75, 3.05) is 60.5 Å². The van der Waals surface area contributed by atoms with Gasteiger partial charge in [-0.2, -0.15) is 0 Å². The average molecular weight is 373 g/mol. The number of aliphatic hydroxyl groups is 1. The Labute approximate surface area is 161 Å². The second kappa shape index (κ2) is 8.42. The van der Waals surface area contributed by atoms with Gasteiger partial charge in [-0.3, -0.25) is 4.79 Å². The number of nitrogens with zero attached hydrogens (tertiary/aromatic N) is 3. The van der Waals surface area contributed by atoms with E-state index in [1.54, 1.807) is 0 Å². The zero-order valence-electron chi connectivity index (χ0n) is 16.9. The van der Waals surface area contributed by atoms with Crippen molar-refractivity contribution in [2.45, 2.75) is 6.92 Å². The Morgan fingerprint density at radius 3 is 2.63 bits per heavy atom. The van der Waals surface area contributed by atoms with E-state index in [0.717, 1.165) is 30.5 Å². The van der Waals surface area contributed by atoms with Crippen LogP contribution in [0.25, 0.3) is 10.9 Å². The van der Waals surface area contributed by atoms with Crippen LogP contribution in [0.1, 0.15) is 16.1 Å². The lowest BCUT2D eigenvalue weighted by Crippen LogP contribution is -2.35. The maximum Gasteiger partial charge on any atom is 0.270 e. The van der Waals surface area contributed by atoms with Crippen molar-refractivity contribution in [2.24, 2.45) is 11.8 Å². The Hall–Kier alpha value is -1.89. The summed E-state index contributed by atoms with van der Waals surface area (Å²) in [6.07, 6.45) is 0. The number of carbonyl (C=O) groups is 1. The van der Waals surface area contributed by atoms with Crippen molar-refractivity contribution >= 4 is 16.8 Å². The van der Waals surface area contributed by atoms with Gasteiger partial charge in [0.15, 0.2) is 0 Å². The SMILES string of the molecule is Cc1ccc2[nH]c(C(=O)N3C[C@@H](CN(C)CCN(C)C)[C@@H](CO)C3)cc2c1. The van der Waals surface area contributed by atoms with Crippen molar-refractivity contribution < 1.29 is 9.90 Å². The summed E-state index contributed by atoms with van der Waals surface area (Å²) in [4.78, 5) is 22.6. The molecule has 0 spiro atoms. The Kier molecular flexibility index (Phi) is 6.19. The molecule has 2 aromatic rings. The molecular formula is C21H32N4O2. The van der Waals surface area contributed by atoms with E-state index in [2.05, 4.69) is 48.9 Å². The van der Waals surface area contributed by atoms with E-state index in [1.807, 2.05) is 23.1 Å². The molecule has 2 N–H and O–H groups in total. The number of hydrogen-bond donors (Lipinski definition) is 2. The molecule has 0 bridgehead atoms. The van der Waals surface area contributed by atoms with E-state index in [0.29, 0.717) is 24.7 Å². The van der Waals surface area contributed by atoms with Crippen LogP contribution in [0, 0.1) is 18.8 Å². The van der Waals surface area contributed by atoms with Gasteiger partial charge in [-0.1, -0.05) is 11.6 Å². The maximum absolute atomic E-state index is 13.0. The molecule has 2 heterocycles. The van der Waals surface area contributed by atoms with E-state index in [-0.39, 0.29) is 18.4 Å². The van der Waals surface area contributed by atoms with Gasteiger partial charge in [-0.15, -0.1) is 0 Å². The molecule has 148 valence electrons. The number of aromatic nitrogens is 1. The number of aliphatic hydroxyl groups excluding tert-OH is 1. The molecule has 1 aliphatic rings. The fraction of sp³-hybridized carbons (Fsp3) is 0.571. The van der Waals surface area contributed by atoms with Crippen molar-refractivity contribution in [3.05, 3.63) is 35.5 Å². The Bertz CT molecular complexity index is 786. The lowest BCUT2D eigenvalue weighted by atomic mass is 9.96. The van der Waals surface area contributed by atoms with Gasteiger partial charge in [-0.05, 0) is 52.2 Å². The molecule has 6 heteroatoms. The molecule has 0 aliphatic carbocycles. The Balaban J connectivity index is 1.66. The van der Waals surface area contributed by atoms with Crippen molar-refractivity contribution in [1.29, 1.82) is 0 Å². The minimum atomic E-state index is 0.0285. The summed E-state index contributed by atoms with van der Waals surface area (Å²) in [6, 6.07) is 8.09. The monoisotopic (exact) mass is 372 g/mol. The van der Waals surface area contributed by atoms with E-state index < -0.39 is 0 Å². The molecule has 6 nitrogen and oxygen atoms in total. The molecule has 1 amide bonds. The Morgan fingerprint density at radius 1 is 1.19 bits per heavy atom. The van der Waals surface area contributed by atoms with Crippen LogP contribution in [0.2, 0.25) is 0 Å². The van der Waals surface area contributed by atoms with Gasteiger partial charge in [0, 0.05) is 56.2 Å². The van der Waals surface area contributed by atoms with Gasteiger partial charge in [0.25, 0.3) is 5.91 Å². The first-order valence-electron chi connectivity index (χ1n) is 9.70. The van der Waals surface area contributed by atoms with Crippen LogP contribution in [0.5, 0.6) is 0 Å². The second-order valence-electron chi connectivity index (χ2n) is 8.25. The number of H-pyrrole nitrogens is 1. The highest BCUT2D eigenvalue weighted by molar-refractivity contribution is 5.98. The number of hydrogen-bond acceptors (Lipinski definition) is 4. The highest BCUT2D eigenvalue weighted by Crippen LogP contribution is 2.26. The number of benzene rings is 1. The van der Waals surface area contributed by atoms with Crippen LogP contribution in [-0.4, -0.2) is 91.2 Å². The molecule has 0 saturated carbocycles. The third-order valence-corrected chi connectivity index (χ3v) is 5.58. The number of rotatable bonds is 7. The third kappa shape index (κ3) is 4.69. The molecule has 0 unspecified atom stereocenters.